The third kappa shape index (κ3) is 3.72. The van der Waals surface area contributed by atoms with Crippen LogP contribution in [-0.4, -0.2) is 44.1 Å². The van der Waals surface area contributed by atoms with Crippen LogP contribution in [0.25, 0.3) is 0 Å². The van der Waals surface area contributed by atoms with Gasteiger partial charge in [0.1, 0.15) is 0 Å². The largest absolute Gasteiger partial charge is 0.373 e. The van der Waals surface area contributed by atoms with Crippen molar-refractivity contribution < 1.29 is 13.2 Å². The molecule has 0 spiro atoms. The minimum absolute atomic E-state index is 0.0435. The normalized spacial score (nSPS) is 40.7. The fraction of sp³-hybridized carbons (Fsp3) is 1.00. The lowest BCUT2D eigenvalue weighted by Gasteiger charge is -2.38. The Bertz CT molecular complexity index is 416. The Hall–Kier alpha value is -0.170. The van der Waals surface area contributed by atoms with E-state index in [1.54, 1.807) is 0 Å². The van der Waals surface area contributed by atoms with Crippen LogP contribution in [0.1, 0.15) is 47.0 Å². The molecule has 2 aliphatic rings. The van der Waals surface area contributed by atoms with Crippen molar-refractivity contribution in [3.05, 3.63) is 0 Å². The van der Waals surface area contributed by atoms with Gasteiger partial charge in [-0.3, -0.25) is 0 Å². The summed E-state index contributed by atoms with van der Waals surface area (Å²) in [5.74, 6) is 0.980. The molecule has 0 bridgehead atoms. The highest BCUT2D eigenvalue weighted by atomic mass is 32.2. The number of nitrogens with one attached hydrogen (secondary N) is 1. The van der Waals surface area contributed by atoms with E-state index in [-0.39, 0.29) is 18.2 Å². The zero-order valence-corrected chi connectivity index (χ0v) is 13.8. The topological polar surface area (TPSA) is 58.6 Å². The lowest BCUT2D eigenvalue weighted by Crippen LogP contribution is -2.55. The Morgan fingerprint density at radius 2 is 1.65 bits per heavy atom. The molecule has 0 aromatic carbocycles. The SMILES string of the molecule is CC1CN(S(=O)(=O)NC2CCCC(C)C2C)CC(C)O1. The summed E-state index contributed by atoms with van der Waals surface area (Å²) in [6.07, 6.45) is 3.16. The molecule has 118 valence electrons. The van der Waals surface area contributed by atoms with Crippen LogP contribution in [0.3, 0.4) is 0 Å². The number of ether oxygens (including phenoxy) is 1. The van der Waals surface area contributed by atoms with Gasteiger partial charge in [0.2, 0.25) is 0 Å². The molecule has 5 atom stereocenters. The minimum atomic E-state index is -3.40. The van der Waals surface area contributed by atoms with Gasteiger partial charge in [-0.05, 0) is 32.1 Å². The average Bonchev–Trinajstić information content (AvgIpc) is 2.33. The molecule has 1 aliphatic carbocycles. The summed E-state index contributed by atoms with van der Waals surface area (Å²) in [4.78, 5) is 0. The van der Waals surface area contributed by atoms with E-state index in [1.165, 1.54) is 10.7 Å². The first-order valence-corrected chi connectivity index (χ1v) is 9.16. The van der Waals surface area contributed by atoms with Gasteiger partial charge in [-0.1, -0.05) is 26.7 Å². The second-order valence-electron chi connectivity index (χ2n) is 6.57. The van der Waals surface area contributed by atoms with Gasteiger partial charge in [0.25, 0.3) is 10.2 Å². The Morgan fingerprint density at radius 1 is 1.05 bits per heavy atom. The quantitative estimate of drug-likeness (QED) is 0.864. The van der Waals surface area contributed by atoms with Crippen LogP contribution in [-0.2, 0) is 14.9 Å². The first-order chi connectivity index (χ1) is 9.29. The predicted octanol–water partition coefficient (Wildman–Crippen LogP) is 1.75. The fourth-order valence-corrected chi connectivity index (χ4v) is 5.02. The number of morpholine rings is 1. The molecular weight excluding hydrogens is 276 g/mol. The summed E-state index contributed by atoms with van der Waals surface area (Å²) in [6.45, 7) is 9.09. The molecule has 5 unspecified atom stereocenters. The van der Waals surface area contributed by atoms with Crippen molar-refractivity contribution in [3.8, 4) is 0 Å². The Kier molecular flexibility index (Phi) is 5.10. The summed E-state index contributed by atoms with van der Waals surface area (Å²) in [5.41, 5.74) is 0. The second kappa shape index (κ2) is 6.30. The summed E-state index contributed by atoms with van der Waals surface area (Å²) in [5, 5.41) is 0. The van der Waals surface area contributed by atoms with Gasteiger partial charge >= 0.3 is 0 Å². The molecule has 1 saturated heterocycles. The Labute approximate surface area is 123 Å². The van der Waals surface area contributed by atoms with Crippen LogP contribution in [0, 0.1) is 11.8 Å². The van der Waals surface area contributed by atoms with Crippen molar-refractivity contribution >= 4 is 10.2 Å². The highest BCUT2D eigenvalue weighted by molar-refractivity contribution is 7.87. The molecule has 1 aliphatic heterocycles. The maximum atomic E-state index is 12.6. The number of nitrogens with zero attached hydrogens (tertiary/aromatic N) is 1. The summed E-state index contributed by atoms with van der Waals surface area (Å²) in [6, 6.07) is 0.0669. The van der Waals surface area contributed by atoms with Crippen molar-refractivity contribution in [1.29, 1.82) is 0 Å². The van der Waals surface area contributed by atoms with Gasteiger partial charge < -0.3 is 4.74 Å². The molecule has 1 saturated carbocycles. The van der Waals surface area contributed by atoms with Crippen LogP contribution < -0.4 is 4.72 Å². The van der Waals surface area contributed by atoms with Gasteiger partial charge in [0.15, 0.2) is 0 Å². The van der Waals surface area contributed by atoms with Crippen molar-refractivity contribution in [3.63, 3.8) is 0 Å². The molecule has 5 nitrogen and oxygen atoms in total. The van der Waals surface area contributed by atoms with E-state index < -0.39 is 10.2 Å². The Balaban J connectivity index is 2.03. The zero-order chi connectivity index (χ0) is 14.9. The van der Waals surface area contributed by atoms with Crippen molar-refractivity contribution in [2.75, 3.05) is 13.1 Å². The predicted molar refractivity (Wildman–Crippen MR) is 79.6 cm³/mol. The second-order valence-corrected chi connectivity index (χ2v) is 8.27. The summed E-state index contributed by atoms with van der Waals surface area (Å²) in [7, 11) is -3.40. The van der Waals surface area contributed by atoms with Crippen molar-refractivity contribution in [1.82, 2.24) is 9.03 Å². The van der Waals surface area contributed by atoms with E-state index in [0.717, 1.165) is 12.8 Å². The molecule has 6 heteroatoms. The zero-order valence-electron chi connectivity index (χ0n) is 13.0. The average molecular weight is 304 g/mol. The molecule has 1 N–H and O–H groups in total. The molecule has 20 heavy (non-hydrogen) atoms. The standard InChI is InChI=1S/C14H28N2O3S/c1-10-6-5-7-14(13(10)4)15-20(17,18)16-8-11(2)19-12(3)9-16/h10-15H,5-9H2,1-4H3. The molecule has 0 amide bonds. The smallest absolute Gasteiger partial charge is 0.279 e. The van der Waals surface area contributed by atoms with Crippen molar-refractivity contribution in [2.24, 2.45) is 11.8 Å². The third-order valence-electron chi connectivity index (χ3n) is 4.73. The first-order valence-electron chi connectivity index (χ1n) is 7.72. The number of rotatable bonds is 3. The van der Waals surface area contributed by atoms with E-state index in [4.69, 9.17) is 4.74 Å². The van der Waals surface area contributed by atoms with Gasteiger partial charge in [0, 0.05) is 19.1 Å². The fourth-order valence-electron chi connectivity index (χ4n) is 3.34. The van der Waals surface area contributed by atoms with Gasteiger partial charge in [0.05, 0.1) is 12.2 Å². The molecule has 1 heterocycles. The Morgan fingerprint density at radius 3 is 2.25 bits per heavy atom. The van der Waals surface area contributed by atoms with Crippen molar-refractivity contribution in [2.45, 2.75) is 65.2 Å². The van der Waals surface area contributed by atoms with Crippen LogP contribution in [0.2, 0.25) is 0 Å². The third-order valence-corrected chi connectivity index (χ3v) is 6.31. The number of hydrogen-bond donors (Lipinski definition) is 1. The molecule has 2 fully saturated rings. The maximum absolute atomic E-state index is 12.6. The van der Waals surface area contributed by atoms with Gasteiger partial charge in [-0.15, -0.1) is 0 Å². The maximum Gasteiger partial charge on any atom is 0.279 e. The summed E-state index contributed by atoms with van der Waals surface area (Å²) < 4.78 is 35.2. The van der Waals surface area contributed by atoms with Crippen LogP contribution in [0.15, 0.2) is 0 Å². The highest BCUT2D eigenvalue weighted by Gasteiger charge is 2.35. The molecule has 0 aromatic heterocycles. The summed E-state index contributed by atoms with van der Waals surface area (Å²) >= 11 is 0. The van der Waals surface area contributed by atoms with E-state index in [9.17, 15) is 8.42 Å². The molecule has 0 radical (unpaired) electrons. The number of hydrogen-bond acceptors (Lipinski definition) is 3. The van der Waals surface area contributed by atoms with E-state index >= 15 is 0 Å². The molecular formula is C14H28N2O3S. The van der Waals surface area contributed by atoms with E-state index in [1.807, 2.05) is 13.8 Å². The monoisotopic (exact) mass is 304 g/mol. The lowest BCUT2D eigenvalue weighted by molar-refractivity contribution is -0.0445. The van der Waals surface area contributed by atoms with Crippen LogP contribution >= 0.6 is 0 Å². The van der Waals surface area contributed by atoms with E-state index in [0.29, 0.717) is 24.9 Å². The van der Waals surface area contributed by atoms with Gasteiger partial charge in [-0.2, -0.15) is 17.4 Å². The van der Waals surface area contributed by atoms with Gasteiger partial charge in [-0.25, -0.2) is 0 Å². The lowest BCUT2D eigenvalue weighted by atomic mass is 9.78. The highest BCUT2D eigenvalue weighted by Crippen LogP contribution is 2.30. The minimum Gasteiger partial charge on any atom is -0.373 e. The van der Waals surface area contributed by atoms with Crippen LogP contribution in [0.5, 0.6) is 0 Å². The van der Waals surface area contributed by atoms with E-state index in [2.05, 4.69) is 18.6 Å². The first kappa shape index (κ1) is 16.2. The molecule has 2 rings (SSSR count). The molecule has 0 aromatic rings. The van der Waals surface area contributed by atoms with Crippen LogP contribution in [0.4, 0.5) is 0 Å².